The van der Waals surface area contributed by atoms with E-state index in [1.807, 2.05) is 0 Å². The molecular formula is C12H14ClFN2O. The van der Waals surface area contributed by atoms with E-state index in [2.05, 4.69) is 10.3 Å². The second kappa shape index (κ2) is 5.45. The number of nitrogens with zero attached hydrogens (tertiary/aromatic N) is 1. The van der Waals surface area contributed by atoms with Gasteiger partial charge in [-0.25, -0.2) is 4.98 Å². The molecule has 1 fully saturated rings. The quantitative estimate of drug-likeness (QED) is 0.653. The smallest absolute Gasteiger partial charge is 0.251 e. The van der Waals surface area contributed by atoms with Gasteiger partial charge in [0.2, 0.25) is 5.95 Å². The zero-order chi connectivity index (χ0) is 12.3. The summed E-state index contributed by atoms with van der Waals surface area (Å²) >= 11 is 6.14. The number of amides is 1. The standard InChI is InChI=1S/C12H14ClFN2O/c13-9-3-1-2-4-10(9)16-12(17)8-5-6-15-11(14)7-8/h5-7,9-10H,1-4H2,(H,16,17). The molecule has 1 aliphatic carbocycles. The van der Waals surface area contributed by atoms with Gasteiger partial charge in [0, 0.05) is 23.9 Å². The zero-order valence-electron chi connectivity index (χ0n) is 9.33. The van der Waals surface area contributed by atoms with E-state index in [0.717, 1.165) is 31.7 Å². The SMILES string of the molecule is O=C(NC1CCCCC1Cl)c1ccnc(F)c1. The minimum absolute atomic E-state index is 0.0193. The Labute approximate surface area is 104 Å². The predicted molar refractivity (Wildman–Crippen MR) is 63.6 cm³/mol. The van der Waals surface area contributed by atoms with Gasteiger partial charge in [-0.15, -0.1) is 11.6 Å². The van der Waals surface area contributed by atoms with Gasteiger partial charge in [0.05, 0.1) is 5.38 Å². The molecule has 0 spiro atoms. The molecule has 0 radical (unpaired) electrons. The molecule has 92 valence electrons. The summed E-state index contributed by atoms with van der Waals surface area (Å²) < 4.78 is 12.9. The topological polar surface area (TPSA) is 42.0 Å². The molecule has 1 saturated carbocycles. The summed E-state index contributed by atoms with van der Waals surface area (Å²) in [5.41, 5.74) is 0.284. The van der Waals surface area contributed by atoms with Crippen LogP contribution in [0.4, 0.5) is 4.39 Å². The molecule has 17 heavy (non-hydrogen) atoms. The van der Waals surface area contributed by atoms with Crippen LogP contribution in [0.25, 0.3) is 0 Å². The van der Waals surface area contributed by atoms with Crippen molar-refractivity contribution in [3.63, 3.8) is 0 Å². The first-order valence-electron chi connectivity index (χ1n) is 5.73. The van der Waals surface area contributed by atoms with E-state index < -0.39 is 5.95 Å². The maximum absolute atomic E-state index is 12.9. The second-order valence-corrected chi connectivity index (χ2v) is 4.81. The summed E-state index contributed by atoms with van der Waals surface area (Å²) in [6.07, 6.45) is 5.25. The first-order valence-corrected chi connectivity index (χ1v) is 6.17. The van der Waals surface area contributed by atoms with Crippen molar-refractivity contribution in [2.45, 2.75) is 37.1 Å². The van der Waals surface area contributed by atoms with Gasteiger partial charge in [-0.05, 0) is 18.9 Å². The van der Waals surface area contributed by atoms with Gasteiger partial charge in [-0.3, -0.25) is 4.79 Å². The third kappa shape index (κ3) is 3.16. The minimum atomic E-state index is -0.649. The zero-order valence-corrected chi connectivity index (χ0v) is 10.1. The number of carbonyl (C=O) groups excluding carboxylic acids is 1. The van der Waals surface area contributed by atoms with Crippen molar-refractivity contribution < 1.29 is 9.18 Å². The molecule has 1 aromatic rings. The lowest BCUT2D eigenvalue weighted by molar-refractivity contribution is 0.0928. The van der Waals surface area contributed by atoms with Gasteiger partial charge in [0.1, 0.15) is 0 Å². The van der Waals surface area contributed by atoms with Gasteiger partial charge in [0.25, 0.3) is 5.91 Å². The fourth-order valence-electron chi connectivity index (χ4n) is 2.04. The summed E-state index contributed by atoms with van der Waals surface area (Å²) in [7, 11) is 0. The lowest BCUT2D eigenvalue weighted by Gasteiger charge is -2.27. The van der Waals surface area contributed by atoms with E-state index in [-0.39, 0.29) is 22.9 Å². The van der Waals surface area contributed by atoms with E-state index in [4.69, 9.17) is 11.6 Å². The Balaban J connectivity index is 2.01. The lowest BCUT2D eigenvalue weighted by Crippen LogP contribution is -2.42. The maximum Gasteiger partial charge on any atom is 0.251 e. The van der Waals surface area contributed by atoms with Crippen LogP contribution in [0.3, 0.4) is 0 Å². The summed E-state index contributed by atoms with van der Waals surface area (Å²) in [5, 5.41) is 2.82. The molecule has 5 heteroatoms. The highest BCUT2D eigenvalue weighted by Crippen LogP contribution is 2.23. The minimum Gasteiger partial charge on any atom is -0.348 e. The van der Waals surface area contributed by atoms with Crippen molar-refractivity contribution in [2.75, 3.05) is 0 Å². The van der Waals surface area contributed by atoms with Crippen molar-refractivity contribution in [1.82, 2.24) is 10.3 Å². The number of nitrogens with one attached hydrogen (secondary N) is 1. The Kier molecular flexibility index (Phi) is 3.94. The van der Waals surface area contributed by atoms with Crippen LogP contribution in [0.1, 0.15) is 36.0 Å². The van der Waals surface area contributed by atoms with E-state index in [1.165, 1.54) is 12.3 Å². The molecule has 2 rings (SSSR count). The van der Waals surface area contributed by atoms with Gasteiger partial charge in [-0.2, -0.15) is 4.39 Å². The normalized spacial score (nSPS) is 24.4. The van der Waals surface area contributed by atoms with E-state index in [1.54, 1.807) is 0 Å². The average Bonchev–Trinajstić information content (AvgIpc) is 2.32. The molecular weight excluding hydrogens is 243 g/mol. The molecule has 1 N–H and O–H groups in total. The number of pyridine rings is 1. The summed E-state index contributed by atoms with van der Waals surface area (Å²) in [5.74, 6) is -0.937. The van der Waals surface area contributed by atoms with Crippen LogP contribution in [0.15, 0.2) is 18.3 Å². The summed E-state index contributed by atoms with van der Waals surface area (Å²) in [6, 6.07) is 2.60. The van der Waals surface area contributed by atoms with Crippen molar-refractivity contribution in [1.29, 1.82) is 0 Å². The first-order chi connectivity index (χ1) is 8.16. The maximum atomic E-state index is 12.9. The van der Waals surface area contributed by atoms with Crippen LogP contribution < -0.4 is 5.32 Å². The Morgan fingerprint density at radius 3 is 2.94 bits per heavy atom. The van der Waals surface area contributed by atoms with Crippen LogP contribution >= 0.6 is 11.6 Å². The molecule has 0 aliphatic heterocycles. The second-order valence-electron chi connectivity index (χ2n) is 4.25. The molecule has 1 amide bonds. The van der Waals surface area contributed by atoms with Crippen molar-refractivity contribution in [3.05, 3.63) is 29.8 Å². The van der Waals surface area contributed by atoms with Crippen molar-refractivity contribution in [3.8, 4) is 0 Å². The van der Waals surface area contributed by atoms with Crippen LogP contribution in [0.5, 0.6) is 0 Å². The highest BCUT2D eigenvalue weighted by molar-refractivity contribution is 6.21. The van der Waals surface area contributed by atoms with E-state index >= 15 is 0 Å². The average molecular weight is 257 g/mol. The van der Waals surface area contributed by atoms with E-state index in [9.17, 15) is 9.18 Å². The van der Waals surface area contributed by atoms with Gasteiger partial charge < -0.3 is 5.32 Å². The summed E-state index contributed by atoms with van der Waals surface area (Å²) in [4.78, 5) is 15.3. The van der Waals surface area contributed by atoms with Crippen LogP contribution in [-0.4, -0.2) is 22.3 Å². The molecule has 1 aromatic heterocycles. The molecule has 3 nitrogen and oxygen atoms in total. The molecule has 2 atom stereocenters. The van der Waals surface area contributed by atoms with Gasteiger partial charge in [-0.1, -0.05) is 12.8 Å². The summed E-state index contributed by atoms with van der Waals surface area (Å²) in [6.45, 7) is 0. The largest absolute Gasteiger partial charge is 0.348 e. The highest BCUT2D eigenvalue weighted by Gasteiger charge is 2.24. The molecule has 0 aromatic carbocycles. The Morgan fingerprint density at radius 1 is 1.47 bits per heavy atom. The lowest BCUT2D eigenvalue weighted by atomic mass is 9.94. The third-order valence-corrected chi connectivity index (χ3v) is 3.51. The Hall–Kier alpha value is -1.16. The van der Waals surface area contributed by atoms with Crippen LogP contribution in [-0.2, 0) is 0 Å². The van der Waals surface area contributed by atoms with Gasteiger partial charge >= 0.3 is 0 Å². The Bertz CT molecular complexity index is 413. The third-order valence-electron chi connectivity index (χ3n) is 2.99. The fraction of sp³-hybridized carbons (Fsp3) is 0.500. The van der Waals surface area contributed by atoms with Crippen molar-refractivity contribution >= 4 is 17.5 Å². The van der Waals surface area contributed by atoms with E-state index in [0.29, 0.717) is 0 Å². The number of halogens is 2. The molecule has 1 aliphatic rings. The van der Waals surface area contributed by atoms with Crippen LogP contribution in [0, 0.1) is 5.95 Å². The predicted octanol–water partition coefficient (Wildman–Crippen LogP) is 2.50. The number of hydrogen-bond acceptors (Lipinski definition) is 2. The number of hydrogen-bond donors (Lipinski definition) is 1. The molecule has 2 unspecified atom stereocenters. The molecule has 1 heterocycles. The van der Waals surface area contributed by atoms with Crippen molar-refractivity contribution in [2.24, 2.45) is 0 Å². The number of alkyl halides is 1. The molecule has 0 saturated heterocycles. The fourth-order valence-corrected chi connectivity index (χ4v) is 2.39. The monoisotopic (exact) mass is 256 g/mol. The molecule has 0 bridgehead atoms. The number of rotatable bonds is 2. The van der Waals surface area contributed by atoms with Crippen LogP contribution in [0.2, 0.25) is 0 Å². The Morgan fingerprint density at radius 2 is 2.24 bits per heavy atom. The first kappa shape index (κ1) is 12.3. The highest BCUT2D eigenvalue weighted by atomic mass is 35.5. The number of aromatic nitrogens is 1. The van der Waals surface area contributed by atoms with Gasteiger partial charge in [0.15, 0.2) is 0 Å². The number of carbonyl (C=O) groups is 1.